The van der Waals surface area contributed by atoms with E-state index >= 15 is 0 Å². The van der Waals surface area contributed by atoms with Crippen molar-refractivity contribution in [3.63, 3.8) is 0 Å². The lowest BCUT2D eigenvalue weighted by atomic mass is 10.1. The number of ether oxygens (including phenoxy) is 2. The summed E-state index contributed by atoms with van der Waals surface area (Å²) in [5, 5.41) is 2.84. The molecule has 0 aromatic heterocycles. The summed E-state index contributed by atoms with van der Waals surface area (Å²) in [7, 11) is 0. The Morgan fingerprint density at radius 1 is 1.22 bits per heavy atom. The number of nitrogens with one attached hydrogen (secondary N) is 1. The van der Waals surface area contributed by atoms with E-state index < -0.39 is 0 Å². The third-order valence-electron chi connectivity index (χ3n) is 2.49. The van der Waals surface area contributed by atoms with Crippen molar-refractivity contribution in [3.8, 4) is 11.5 Å². The molecular formula is C14H21NO3. The van der Waals surface area contributed by atoms with E-state index in [2.05, 4.69) is 5.32 Å². The lowest BCUT2D eigenvalue weighted by Crippen LogP contribution is -2.23. The maximum atomic E-state index is 11.0. The first-order valence-corrected chi connectivity index (χ1v) is 6.25. The van der Waals surface area contributed by atoms with Crippen LogP contribution in [0.25, 0.3) is 0 Å². The van der Waals surface area contributed by atoms with Gasteiger partial charge in [0.2, 0.25) is 5.91 Å². The van der Waals surface area contributed by atoms with Gasteiger partial charge in [0.15, 0.2) is 11.5 Å². The van der Waals surface area contributed by atoms with Gasteiger partial charge in [0, 0.05) is 6.92 Å². The van der Waals surface area contributed by atoms with Crippen molar-refractivity contribution in [2.45, 2.75) is 33.7 Å². The first-order valence-electron chi connectivity index (χ1n) is 6.25. The molecule has 0 bridgehead atoms. The molecule has 0 radical (unpaired) electrons. The van der Waals surface area contributed by atoms with Gasteiger partial charge in [0.1, 0.15) is 0 Å². The molecule has 1 amide bonds. The van der Waals surface area contributed by atoms with Gasteiger partial charge in [-0.3, -0.25) is 4.79 Å². The number of benzene rings is 1. The molecule has 1 N–H and O–H groups in total. The van der Waals surface area contributed by atoms with Crippen molar-refractivity contribution in [1.82, 2.24) is 5.32 Å². The van der Waals surface area contributed by atoms with Crippen molar-refractivity contribution in [2.24, 2.45) is 0 Å². The highest BCUT2D eigenvalue weighted by atomic mass is 16.5. The standard InChI is InChI=1S/C14H21NO3/c1-5-17-13-8-7-12(9-14(13)18-6-2)10(3)15-11(4)16/h7-10H,5-6H2,1-4H3,(H,15,16). The first kappa shape index (κ1) is 14.4. The molecule has 0 aliphatic heterocycles. The molecule has 1 atom stereocenters. The molecule has 1 aromatic rings. The second kappa shape index (κ2) is 6.89. The summed E-state index contributed by atoms with van der Waals surface area (Å²) < 4.78 is 11.0. The first-order chi connectivity index (χ1) is 8.58. The van der Waals surface area contributed by atoms with Gasteiger partial charge in [0.05, 0.1) is 19.3 Å². The van der Waals surface area contributed by atoms with Gasteiger partial charge >= 0.3 is 0 Å². The Kier molecular flexibility index (Phi) is 5.49. The van der Waals surface area contributed by atoms with Crippen LogP contribution in [-0.4, -0.2) is 19.1 Å². The molecule has 1 unspecified atom stereocenters. The van der Waals surface area contributed by atoms with E-state index in [9.17, 15) is 4.79 Å². The molecule has 0 saturated carbocycles. The number of hydrogen-bond acceptors (Lipinski definition) is 3. The minimum absolute atomic E-state index is 0.0441. The zero-order valence-corrected chi connectivity index (χ0v) is 11.4. The van der Waals surface area contributed by atoms with Crippen molar-refractivity contribution in [2.75, 3.05) is 13.2 Å². The predicted molar refractivity (Wildman–Crippen MR) is 71.0 cm³/mol. The lowest BCUT2D eigenvalue weighted by Gasteiger charge is -2.16. The molecule has 1 aromatic carbocycles. The Bertz CT molecular complexity index is 404. The van der Waals surface area contributed by atoms with Crippen LogP contribution in [0.4, 0.5) is 0 Å². The van der Waals surface area contributed by atoms with Crippen molar-refractivity contribution >= 4 is 5.91 Å². The lowest BCUT2D eigenvalue weighted by molar-refractivity contribution is -0.119. The number of carbonyl (C=O) groups excluding carboxylic acids is 1. The molecule has 0 spiro atoms. The van der Waals surface area contributed by atoms with E-state index in [1.54, 1.807) is 0 Å². The number of rotatable bonds is 6. The third kappa shape index (κ3) is 3.95. The Balaban J connectivity index is 2.94. The molecule has 100 valence electrons. The van der Waals surface area contributed by atoms with Crippen LogP contribution >= 0.6 is 0 Å². The Labute approximate surface area is 108 Å². The SMILES string of the molecule is CCOc1ccc(C(C)NC(C)=O)cc1OCC. The van der Waals surface area contributed by atoms with Gasteiger partial charge in [-0.05, 0) is 38.5 Å². The van der Waals surface area contributed by atoms with E-state index in [1.165, 1.54) is 6.92 Å². The van der Waals surface area contributed by atoms with Crippen LogP contribution < -0.4 is 14.8 Å². The fourth-order valence-electron chi connectivity index (χ4n) is 1.73. The predicted octanol–water partition coefficient (Wildman–Crippen LogP) is 2.68. The molecule has 0 aliphatic rings. The van der Waals surface area contributed by atoms with Crippen molar-refractivity contribution in [1.29, 1.82) is 0 Å². The second-order valence-corrected chi connectivity index (χ2v) is 3.99. The number of hydrogen-bond donors (Lipinski definition) is 1. The summed E-state index contributed by atoms with van der Waals surface area (Å²) >= 11 is 0. The van der Waals surface area contributed by atoms with Crippen LogP contribution in [0.3, 0.4) is 0 Å². The van der Waals surface area contributed by atoms with E-state index in [0.29, 0.717) is 19.0 Å². The highest BCUT2D eigenvalue weighted by Crippen LogP contribution is 2.30. The largest absolute Gasteiger partial charge is 0.490 e. The average molecular weight is 251 g/mol. The quantitative estimate of drug-likeness (QED) is 0.845. The van der Waals surface area contributed by atoms with Gasteiger partial charge in [-0.25, -0.2) is 0 Å². The van der Waals surface area contributed by atoms with Gasteiger partial charge in [0.25, 0.3) is 0 Å². The summed E-state index contributed by atoms with van der Waals surface area (Å²) in [6.45, 7) is 8.49. The molecule has 0 heterocycles. The third-order valence-corrected chi connectivity index (χ3v) is 2.49. The molecule has 4 nitrogen and oxygen atoms in total. The zero-order valence-electron chi connectivity index (χ0n) is 11.4. The van der Waals surface area contributed by atoms with E-state index in [4.69, 9.17) is 9.47 Å². The molecule has 0 aliphatic carbocycles. The molecule has 1 rings (SSSR count). The topological polar surface area (TPSA) is 47.6 Å². The molecule has 0 fully saturated rings. The highest BCUT2D eigenvalue weighted by Gasteiger charge is 2.11. The van der Waals surface area contributed by atoms with Crippen LogP contribution in [0.15, 0.2) is 18.2 Å². The Hall–Kier alpha value is -1.71. The Morgan fingerprint density at radius 2 is 1.83 bits per heavy atom. The maximum absolute atomic E-state index is 11.0. The van der Waals surface area contributed by atoms with Gasteiger partial charge in [-0.1, -0.05) is 6.07 Å². The summed E-state index contributed by atoms with van der Waals surface area (Å²) in [6.07, 6.45) is 0. The summed E-state index contributed by atoms with van der Waals surface area (Å²) in [5.41, 5.74) is 0.997. The minimum atomic E-state index is -0.0469. The van der Waals surface area contributed by atoms with Crippen LogP contribution in [0.2, 0.25) is 0 Å². The molecule has 0 saturated heterocycles. The summed E-state index contributed by atoms with van der Waals surface area (Å²) in [6, 6.07) is 5.68. The van der Waals surface area contributed by atoms with Crippen LogP contribution in [-0.2, 0) is 4.79 Å². The number of amides is 1. The average Bonchev–Trinajstić information content (AvgIpc) is 2.31. The van der Waals surface area contributed by atoms with Gasteiger partial charge in [-0.2, -0.15) is 0 Å². The van der Waals surface area contributed by atoms with Crippen LogP contribution in [0.1, 0.15) is 39.3 Å². The smallest absolute Gasteiger partial charge is 0.217 e. The normalized spacial score (nSPS) is 11.8. The Morgan fingerprint density at radius 3 is 2.39 bits per heavy atom. The minimum Gasteiger partial charge on any atom is -0.490 e. The van der Waals surface area contributed by atoms with E-state index in [0.717, 1.165) is 11.3 Å². The van der Waals surface area contributed by atoms with Gasteiger partial charge < -0.3 is 14.8 Å². The zero-order chi connectivity index (χ0) is 13.5. The highest BCUT2D eigenvalue weighted by molar-refractivity contribution is 5.73. The van der Waals surface area contributed by atoms with Crippen LogP contribution in [0.5, 0.6) is 11.5 Å². The van der Waals surface area contributed by atoms with E-state index in [1.807, 2.05) is 39.0 Å². The van der Waals surface area contributed by atoms with E-state index in [-0.39, 0.29) is 11.9 Å². The summed E-state index contributed by atoms with van der Waals surface area (Å²) in [4.78, 5) is 11.0. The molecular weight excluding hydrogens is 230 g/mol. The number of carbonyl (C=O) groups is 1. The second-order valence-electron chi connectivity index (χ2n) is 3.99. The van der Waals surface area contributed by atoms with Crippen molar-refractivity contribution in [3.05, 3.63) is 23.8 Å². The fraction of sp³-hybridized carbons (Fsp3) is 0.500. The van der Waals surface area contributed by atoms with Crippen molar-refractivity contribution < 1.29 is 14.3 Å². The van der Waals surface area contributed by atoms with Gasteiger partial charge in [-0.15, -0.1) is 0 Å². The molecule has 18 heavy (non-hydrogen) atoms. The monoisotopic (exact) mass is 251 g/mol. The molecule has 4 heteroatoms. The maximum Gasteiger partial charge on any atom is 0.217 e. The van der Waals surface area contributed by atoms with Crippen LogP contribution in [0, 0.1) is 0 Å². The summed E-state index contributed by atoms with van der Waals surface area (Å²) in [5.74, 6) is 1.40. The fourth-order valence-corrected chi connectivity index (χ4v) is 1.73.